The minimum Gasteiger partial charge on any atom is -0.378 e. The van der Waals surface area contributed by atoms with Crippen molar-refractivity contribution >= 4 is 11.5 Å². The highest BCUT2D eigenvalue weighted by Gasteiger charge is 2.14. The van der Waals surface area contributed by atoms with Crippen molar-refractivity contribution in [2.45, 2.75) is 6.54 Å². The fraction of sp³-hybridized carbons (Fsp3) is 0.312. The molecule has 23 heavy (non-hydrogen) atoms. The molecule has 0 aliphatic carbocycles. The number of anilines is 1. The second kappa shape index (κ2) is 6.70. The van der Waals surface area contributed by atoms with E-state index in [-0.39, 0.29) is 23.5 Å². The molecular formula is C16H16FN3O3. The number of nitrogens with zero attached hydrogens (tertiary/aromatic N) is 3. The summed E-state index contributed by atoms with van der Waals surface area (Å²) in [7, 11) is 0. The number of halogens is 1. The van der Waals surface area contributed by atoms with Gasteiger partial charge in [-0.25, -0.2) is 9.07 Å². The maximum absolute atomic E-state index is 13.2. The summed E-state index contributed by atoms with van der Waals surface area (Å²) < 4.78 is 19.5. The van der Waals surface area contributed by atoms with E-state index < -0.39 is 5.82 Å². The first kappa shape index (κ1) is 15.4. The van der Waals surface area contributed by atoms with Crippen LogP contribution < -0.4 is 10.5 Å². The van der Waals surface area contributed by atoms with E-state index in [0.717, 1.165) is 10.7 Å². The van der Waals surface area contributed by atoms with Crippen LogP contribution in [0.1, 0.15) is 10.4 Å². The van der Waals surface area contributed by atoms with Crippen LogP contribution in [0, 0.1) is 5.82 Å². The first-order valence-corrected chi connectivity index (χ1v) is 7.32. The van der Waals surface area contributed by atoms with Gasteiger partial charge in [-0.1, -0.05) is 12.1 Å². The Hall–Kier alpha value is -2.54. The van der Waals surface area contributed by atoms with Crippen molar-refractivity contribution in [1.29, 1.82) is 0 Å². The molecule has 6 nitrogen and oxygen atoms in total. The smallest absolute Gasteiger partial charge is 0.269 e. The van der Waals surface area contributed by atoms with Crippen molar-refractivity contribution in [3.8, 4) is 0 Å². The van der Waals surface area contributed by atoms with Crippen LogP contribution in [0.2, 0.25) is 0 Å². The van der Waals surface area contributed by atoms with Crippen molar-refractivity contribution in [2.75, 3.05) is 31.2 Å². The van der Waals surface area contributed by atoms with Crippen LogP contribution in [0.3, 0.4) is 0 Å². The fourth-order valence-electron chi connectivity index (χ4n) is 2.43. The van der Waals surface area contributed by atoms with Crippen LogP contribution in [-0.4, -0.2) is 41.9 Å². The highest BCUT2D eigenvalue weighted by molar-refractivity contribution is 5.95. The van der Waals surface area contributed by atoms with Crippen LogP contribution >= 0.6 is 0 Å². The molecule has 1 aliphatic rings. The molecule has 1 aliphatic heterocycles. The quantitative estimate of drug-likeness (QED) is 0.790. The maximum Gasteiger partial charge on any atom is 0.269 e. The lowest BCUT2D eigenvalue weighted by atomic mass is 10.1. The van der Waals surface area contributed by atoms with Gasteiger partial charge >= 0.3 is 0 Å². The van der Waals surface area contributed by atoms with Gasteiger partial charge < -0.3 is 9.64 Å². The summed E-state index contributed by atoms with van der Waals surface area (Å²) in [6, 6.07) is 6.84. The first-order chi connectivity index (χ1) is 11.1. The van der Waals surface area contributed by atoms with Crippen LogP contribution in [0.15, 0.2) is 41.3 Å². The monoisotopic (exact) mass is 317 g/mol. The average Bonchev–Trinajstić information content (AvgIpc) is 2.57. The maximum atomic E-state index is 13.2. The Bertz CT molecular complexity index is 769. The zero-order valence-corrected chi connectivity index (χ0v) is 12.4. The second-order valence-electron chi connectivity index (χ2n) is 5.24. The van der Waals surface area contributed by atoms with Gasteiger partial charge in [-0.2, -0.15) is 5.10 Å². The van der Waals surface area contributed by atoms with Gasteiger partial charge in [0, 0.05) is 24.7 Å². The second-order valence-corrected chi connectivity index (χ2v) is 5.24. The fourth-order valence-corrected chi connectivity index (χ4v) is 2.43. The molecule has 0 N–H and O–H groups in total. The van der Waals surface area contributed by atoms with Gasteiger partial charge in [-0.15, -0.1) is 0 Å². The van der Waals surface area contributed by atoms with Gasteiger partial charge in [-0.3, -0.25) is 9.59 Å². The Labute approximate surface area is 132 Å². The van der Waals surface area contributed by atoms with Crippen LogP contribution in [0.5, 0.6) is 0 Å². The highest BCUT2D eigenvalue weighted by atomic mass is 19.1. The molecule has 0 radical (unpaired) electrons. The van der Waals surface area contributed by atoms with Gasteiger partial charge in [0.05, 0.1) is 25.1 Å². The molecular weight excluding hydrogens is 301 g/mol. The number of hydrogen-bond acceptors (Lipinski definition) is 5. The van der Waals surface area contributed by atoms with Crippen molar-refractivity contribution in [3.05, 3.63) is 58.3 Å². The van der Waals surface area contributed by atoms with E-state index in [1.807, 2.05) is 4.90 Å². The van der Waals surface area contributed by atoms with E-state index in [2.05, 4.69) is 5.10 Å². The van der Waals surface area contributed by atoms with E-state index in [9.17, 15) is 14.0 Å². The molecule has 0 amide bonds. The number of rotatable bonds is 4. The third-order valence-electron chi connectivity index (χ3n) is 3.67. The summed E-state index contributed by atoms with van der Waals surface area (Å²) in [5, 5.41) is 4.05. The Morgan fingerprint density at radius 1 is 1.26 bits per heavy atom. The molecule has 0 saturated carbocycles. The number of carbonyl (C=O) groups excluding carboxylic acids is 1. The van der Waals surface area contributed by atoms with E-state index in [4.69, 9.17) is 4.74 Å². The predicted molar refractivity (Wildman–Crippen MR) is 82.3 cm³/mol. The summed E-state index contributed by atoms with van der Waals surface area (Å²) in [6.45, 7) is 2.41. The summed E-state index contributed by atoms with van der Waals surface area (Å²) in [4.78, 5) is 26.3. The number of ether oxygens (including phenoxy) is 1. The molecule has 0 atom stereocenters. The number of hydrogen-bond donors (Lipinski definition) is 0. The molecule has 2 heterocycles. The zero-order chi connectivity index (χ0) is 16.2. The Kier molecular flexibility index (Phi) is 4.47. The summed E-state index contributed by atoms with van der Waals surface area (Å²) in [6.07, 6.45) is 1.56. The minimum atomic E-state index is -0.487. The van der Waals surface area contributed by atoms with Crippen molar-refractivity contribution in [1.82, 2.24) is 9.78 Å². The van der Waals surface area contributed by atoms with Crippen LogP contribution in [0.25, 0.3) is 0 Å². The molecule has 1 aromatic heterocycles. The minimum absolute atomic E-state index is 0.217. The van der Waals surface area contributed by atoms with Crippen LogP contribution in [0.4, 0.5) is 10.1 Å². The van der Waals surface area contributed by atoms with Gasteiger partial charge in [0.1, 0.15) is 12.4 Å². The Balaban J connectivity index is 1.76. The van der Waals surface area contributed by atoms with Gasteiger partial charge in [-0.05, 0) is 12.1 Å². The molecule has 0 unspecified atom stereocenters. The molecule has 1 fully saturated rings. The van der Waals surface area contributed by atoms with Crippen LogP contribution in [-0.2, 0) is 11.3 Å². The number of Topliss-reactive ketones (excluding diaryl/α,β-unsaturated/α-hetero) is 1. The average molecular weight is 317 g/mol. The van der Waals surface area contributed by atoms with Crippen molar-refractivity contribution < 1.29 is 13.9 Å². The van der Waals surface area contributed by atoms with E-state index in [1.165, 1.54) is 24.3 Å². The summed E-state index contributed by atoms with van der Waals surface area (Å²) in [5.41, 5.74) is 0.572. The van der Waals surface area contributed by atoms with Gasteiger partial charge in [0.25, 0.3) is 5.56 Å². The number of aromatic nitrogens is 2. The number of ketones is 1. The lowest BCUT2D eigenvalue weighted by Gasteiger charge is -2.28. The molecule has 2 aromatic rings. The molecule has 1 aromatic carbocycles. The molecule has 0 spiro atoms. The number of morpholine rings is 1. The largest absolute Gasteiger partial charge is 0.378 e. The topological polar surface area (TPSA) is 64.4 Å². The van der Waals surface area contributed by atoms with Crippen molar-refractivity contribution in [2.24, 2.45) is 0 Å². The zero-order valence-electron chi connectivity index (χ0n) is 12.4. The lowest BCUT2D eigenvalue weighted by Crippen LogP contribution is -2.37. The molecule has 1 saturated heterocycles. The summed E-state index contributed by atoms with van der Waals surface area (Å²) in [5.74, 6) is -0.850. The Morgan fingerprint density at radius 2 is 2.04 bits per heavy atom. The number of benzene rings is 1. The van der Waals surface area contributed by atoms with E-state index >= 15 is 0 Å². The highest BCUT2D eigenvalue weighted by Crippen LogP contribution is 2.11. The molecule has 120 valence electrons. The third kappa shape index (κ3) is 3.62. The van der Waals surface area contributed by atoms with Gasteiger partial charge in [0.2, 0.25) is 0 Å². The van der Waals surface area contributed by atoms with Gasteiger partial charge in [0.15, 0.2) is 5.78 Å². The lowest BCUT2D eigenvalue weighted by molar-refractivity contribution is 0.0965. The number of carbonyl (C=O) groups is 1. The Morgan fingerprint density at radius 3 is 2.74 bits per heavy atom. The molecule has 0 bridgehead atoms. The molecule has 7 heteroatoms. The first-order valence-electron chi connectivity index (χ1n) is 7.32. The normalized spacial score (nSPS) is 14.7. The molecule has 3 rings (SSSR count). The third-order valence-corrected chi connectivity index (χ3v) is 3.67. The van der Waals surface area contributed by atoms with E-state index in [0.29, 0.717) is 32.0 Å². The van der Waals surface area contributed by atoms with Crippen molar-refractivity contribution in [3.63, 3.8) is 0 Å². The van der Waals surface area contributed by atoms with E-state index in [1.54, 1.807) is 6.20 Å². The summed E-state index contributed by atoms with van der Waals surface area (Å²) >= 11 is 0. The predicted octanol–water partition coefficient (Wildman–Crippen LogP) is 1.10. The standard InChI is InChI=1S/C16H16FN3O3/c17-13-3-1-2-12(8-13)15(21)11-20-16(22)9-14(10-18-20)19-4-6-23-7-5-19/h1-3,8-10H,4-7,11H2. The SMILES string of the molecule is O=C(Cn1ncc(N2CCOCC2)cc1=O)c1cccc(F)c1.